The third-order valence-electron chi connectivity index (χ3n) is 5.51. The molecular formula is C20H25F3N2O5S. The second-order valence-corrected chi connectivity index (χ2v) is 10.2. The number of benzene rings is 1. The molecule has 0 unspecified atom stereocenters. The summed E-state index contributed by atoms with van der Waals surface area (Å²) < 4.78 is 68.6. The fraction of sp³-hybridized carbons (Fsp3) is 0.600. The third kappa shape index (κ3) is 6.34. The zero-order chi connectivity index (χ0) is 22.6. The molecule has 7 nitrogen and oxygen atoms in total. The predicted octanol–water partition coefficient (Wildman–Crippen LogP) is 2.64. The van der Waals surface area contributed by atoms with Gasteiger partial charge in [-0.3, -0.25) is 10.1 Å². The Morgan fingerprint density at radius 1 is 1.16 bits per heavy atom. The molecule has 1 aliphatic heterocycles. The average Bonchev–Trinajstić information content (AvgIpc) is 3.37. The summed E-state index contributed by atoms with van der Waals surface area (Å²) in [5.74, 6) is -1.52. The summed E-state index contributed by atoms with van der Waals surface area (Å²) >= 11 is 0. The van der Waals surface area contributed by atoms with Gasteiger partial charge in [-0.1, -0.05) is 12.5 Å². The van der Waals surface area contributed by atoms with Gasteiger partial charge in [0.25, 0.3) is 6.43 Å². The Labute approximate surface area is 178 Å². The van der Waals surface area contributed by atoms with Crippen molar-refractivity contribution in [2.75, 3.05) is 31.2 Å². The van der Waals surface area contributed by atoms with Crippen LogP contribution in [0.4, 0.5) is 18.0 Å². The van der Waals surface area contributed by atoms with Crippen LogP contribution in [0.15, 0.2) is 18.2 Å². The highest BCUT2D eigenvalue weighted by molar-refractivity contribution is 7.91. The predicted molar refractivity (Wildman–Crippen MR) is 106 cm³/mol. The highest BCUT2D eigenvalue weighted by atomic mass is 32.2. The summed E-state index contributed by atoms with van der Waals surface area (Å²) in [4.78, 5) is 24.0. The minimum absolute atomic E-state index is 0.0180. The van der Waals surface area contributed by atoms with Crippen LogP contribution in [0.3, 0.4) is 0 Å². The molecular weight excluding hydrogens is 437 g/mol. The van der Waals surface area contributed by atoms with E-state index in [9.17, 15) is 31.2 Å². The van der Waals surface area contributed by atoms with Gasteiger partial charge >= 0.3 is 6.03 Å². The van der Waals surface area contributed by atoms with Crippen LogP contribution in [-0.4, -0.2) is 62.9 Å². The molecule has 11 heteroatoms. The molecule has 0 radical (unpaired) electrons. The molecule has 1 heterocycles. The molecule has 3 amide bonds. The summed E-state index contributed by atoms with van der Waals surface area (Å²) in [6.45, 7) is -0.516. The minimum atomic E-state index is -3.39. The summed E-state index contributed by atoms with van der Waals surface area (Å²) in [6, 6.07) is 3.49. The van der Waals surface area contributed by atoms with Crippen LogP contribution in [0.25, 0.3) is 0 Å². The molecule has 1 N–H and O–H groups in total. The first-order valence-electron chi connectivity index (χ1n) is 10.1. The molecule has 2 aliphatic rings. The van der Waals surface area contributed by atoms with E-state index in [-0.39, 0.29) is 29.7 Å². The van der Waals surface area contributed by atoms with Gasteiger partial charge in [0.1, 0.15) is 13.2 Å². The average molecular weight is 462 g/mol. The van der Waals surface area contributed by atoms with E-state index >= 15 is 0 Å². The second kappa shape index (κ2) is 9.46. The molecule has 31 heavy (non-hydrogen) atoms. The highest BCUT2D eigenvalue weighted by Crippen LogP contribution is 2.50. The van der Waals surface area contributed by atoms with Gasteiger partial charge in [0.05, 0.1) is 11.5 Å². The number of imide groups is 1. The quantitative estimate of drug-likeness (QED) is 0.381. The monoisotopic (exact) mass is 462 g/mol. The smallest absolute Gasteiger partial charge is 0.324 e. The van der Waals surface area contributed by atoms with Crippen LogP contribution in [0, 0.1) is 5.82 Å². The van der Waals surface area contributed by atoms with Gasteiger partial charge in [0.15, 0.2) is 21.4 Å². The zero-order valence-electron chi connectivity index (χ0n) is 16.9. The van der Waals surface area contributed by atoms with Crippen molar-refractivity contribution >= 4 is 21.8 Å². The van der Waals surface area contributed by atoms with Crippen LogP contribution < -0.4 is 10.1 Å². The van der Waals surface area contributed by atoms with E-state index < -0.39 is 40.1 Å². The maximum Gasteiger partial charge on any atom is 0.324 e. The number of hydrogen-bond donors (Lipinski definition) is 1. The van der Waals surface area contributed by atoms with Gasteiger partial charge in [-0.2, -0.15) is 0 Å². The lowest BCUT2D eigenvalue weighted by molar-refractivity contribution is -0.118. The topological polar surface area (TPSA) is 92.8 Å². The van der Waals surface area contributed by atoms with E-state index in [1.807, 2.05) is 0 Å². The number of sulfone groups is 1. The van der Waals surface area contributed by atoms with Crippen LogP contribution in [-0.2, 0) is 20.0 Å². The number of hydrogen-bond acceptors (Lipinski definition) is 5. The summed E-state index contributed by atoms with van der Waals surface area (Å²) in [7, 11) is -3.39. The number of rotatable bonds is 12. The molecule has 2 fully saturated rings. The number of unbranched alkanes of at least 4 members (excludes halogenated alkanes) is 2. The molecule has 1 aliphatic carbocycles. The number of nitrogens with one attached hydrogen (secondary N) is 1. The molecule has 0 atom stereocenters. The first-order valence-corrected chi connectivity index (χ1v) is 11.9. The van der Waals surface area contributed by atoms with Crippen molar-refractivity contribution in [3.63, 3.8) is 0 Å². The molecule has 0 spiro atoms. The molecule has 3 rings (SSSR count). The van der Waals surface area contributed by atoms with E-state index in [2.05, 4.69) is 5.32 Å². The SMILES string of the molecule is O=C1CN(CCCCCS(=O)(=O)CC2(c3ccc(F)c(OCC(F)F)c3)CC2)C(=O)N1. The van der Waals surface area contributed by atoms with E-state index in [0.29, 0.717) is 44.2 Å². The second-order valence-electron chi connectivity index (χ2n) is 8.06. The molecule has 1 saturated heterocycles. The van der Waals surface area contributed by atoms with Crippen molar-refractivity contribution in [1.29, 1.82) is 0 Å². The third-order valence-corrected chi connectivity index (χ3v) is 7.41. The molecule has 1 aromatic carbocycles. The number of ether oxygens (including phenoxy) is 1. The van der Waals surface area contributed by atoms with Crippen LogP contribution in [0.2, 0.25) is 0 Å². The van der Waals surface area contributed by atoms with Gasteiger partial charge in [-0.15, -0.1) is 0 Å². The van der Waals surface area contributed by atoms with Gasteiger partial charge in [0, 0.05) is 12.0 Å². The Morgan fingerprint density at radius 2 is 1.90 bits per heavy atom. The van der Waals surface area contributed by atoms with Crippen molar-refractivity contribution in [2.24, 2.45) is 0 Å². The fourth-order valence-corrected chi connectivity index (χ4v) is 5.81. The van der Waals surface area contributed by atoms with Gasteiger partial charge < -0.3 is 9.64 Å². The standard InChI is InChI=1S/C20H25F3N2O5S/c21-15-5-4-14(10-16(15)30-12-17(22)23)20(6-7-20)13-31(28,29)9-3-1-2-8-25-11-18(26)24-19(25)27/h4-5,10,17H,1-3,6-9,11-13H2,(H,24,26,27). The lowest BCUT2D eigenvalue weighted by Gasteiger charge is -2.18. The number of urea groups is 1. The van der Waals surface area contributed by atoms with E-state index in [1.54, 1.807) is 0 Å². The molecule has 0 bridgehead atoms. The fourth-order valence-electron chi connectivity index (χ4n) is 3.72. The Kier molecular flexibility index (Phi) is 7.13. The van der Waals surface area contributed by atoms with Crippen LogP contribution in [0.1, 0.15) is 37.7 Å². The first-order chi connectivity index (χ1) is 14.6. The number of halogens is 3. The van der Waals surface area contributed by atoms with Crippen molar-refractivity contribution in [2.45, 2.75) is 43.9 Å². The number of carbonyl (C=O) groups excluding carboxylic acids is 2. The maximum atomic E-state index is 13.8. The van der Waals surface area contributed by atoms with Crippen LogP contribution in [0.5, 0.6) is 5.75 Å². The normalized spacial score (nSPS) is 17.9. The zero-order valence-corrected chi connectivity index (χ0v) is 17.7. The summed E-state index contributed by atoms with van der Waals surface area (Å²) in [6.07, 6.45) is 0.0950. The van der Waals surface area contributed by atoms with E-state index in [1.165, 1.54) is 17.0 Å². The van der Waals surface area contributed by atoms with Crippen molar-refractivity contribution in [3.05, 3.63) is 29.6 Å². The van der Waals surface area contributed by atoms with E-state index in [0.717, 1.165) is 6.07 Å². The molecule has 1 aromatic rings. The highest BCUT2D eigenvalue weighted by Gasteiger charge is 2.47. The molecule has 172 valence electrons. The van der Waals surface area contributed by atoms with Gasteiger partial charge in [-0.05, 0) is 43.4 Å². The number of carbonyl (C=O) groups is 2. The lowest BCUT2D eigenvalue weighted by atomic mass is 9.98. The Bertz CT molecular complexity index is 935. The minimum Gasteiger partial charge on any atom is -0.485 e. The van der Waals surface area contributed by atoms with Gasteiger partial charge in [0.2, 0.25) is 5.91 Å². The summed E-state index contributed by atoms with van der Waals surface area (Å²) in [5, 5.41) is 2.18. The number of amides is 3. The van der Waals surface area contributed by atoms with Crippen molar-refractivity contribution in [3.8, 4) is 5.75 Å². The van der Waals surface area contributed by atoms with Gasteiger partial charge in [-0.25, -0.2) is 26.4 Å². The molecule has 0 aromatic heterocycles. The van der Waals surface area contributed by atoms with Crippen molar-refractivity contribution in [1.82, 2.24) is 10.2 Å². The van der Waals surface area contributed by atoms with E-state index in [4.69, 9.17) is 4.74 Å². The molecule has 1 saturated carbocycles. The van der Waals surface area contributed by atoms with Crippen LogP contribution >= 0.6 is 0 Å². The Morgan fingerprint density at radius 3 is 2.52 bits per heavy atom. The Balaban J connectivity index is 1.49. The Hall–Kier alpha value is -2.30. The maximum absolute atomic E-state index is 13.8. The lowest BCUT2D eigenvalue weighted by Crippen LogP contribution is -2.29. The summed E-state index contributed by atoms with van der Waals surface area (Å²) in [5.41, 5.74) is -0.0600. The number of nitrogens with zero attached hydrogens (tertiary/aromatic N) is 1. The van der Waals surface area contributed by atoms with Crippen molar-refractivity contribution < 1.29 is 35.9 Å². The number of alkyl halides is 2. The largest absolute Gasteiger partial charge is 0.485 e. The first kappa shape index (κ1) is 23.4.